The zero-order chi connectivity index (χ0) is 17.6. The number of aromatic nitrogens is 3. The van der Waals surface area contributed by atoms with Gasteiger partial charge in [-0.05, 0) is 30.5 Å². The van der Waals surface area contributed by atoms with Crippen LogP contribution < -0.4 is 5.32 Å². The molecule has 0 saturated heterocycles. The summed E-state index contributed by atoms with van der Waals surface area (Å²) in [6, 6.07) is 6.02. The van der Waals surface area contributed by atoms with Crippen molar-refractivity contribution in [2.24, 2.45) is 0 Å². The molecule has 25 heavy (non-hydrogen) atoms. The smallest absolute Gasteiger partial charge is 0.317 e. The highest BCUT2D eigenvalue weighted by Gasteiger charge is 2.15. The van der Waals surface area contributed by atoms with E-state index < -0.39 is 0 Å². The second kappa shape index (κ2) is 8.09. The molecule has 134 valence electrons. The summed E-state index contributed by atoms with van der Waals surface area (Å²) in [5.41, 5.74) is 0.891. The van der Waals surface area contributed by atoms with Gasteiger partial charge in [-0.25, -0.2) is 9.18 Å². The molecule has 0 fully saturated rings. The topological polar surface area (TPSA) is 63.1 Å². The highest BCUT2D eigenvalue weighted by atomic mass is 19.1. The monoisotopic (exact) mass is 345 g/mol. The van der Waals surface area contributed by atoms with Crippen molar-refractivity contribution < 1.29 is 9.18 Å². The third kappa shape index (κ3) is 4.55. The van der Waals surface area contributed by atoms with Gasteiger partial charge in [0, 0.05) is 39.5 Å². The molecule has 0 saturated carbocycles. The maximum atomic E-state index is 12.9. The third-order valence-electron chi connectivity index (χ3n) is 4.49. The van der Waals surface area contributed by atoms with Gasteiger partial charge in [-0.15, -0.1) is 10.2 Å². The van der Waals surface area contributed by atoms with E-state index in [4.69, 9.17) is 0 Å². The van der Waals surface area contributed by atoms with Gasteiger partial charge in [-0.3, -0.25) is 0 Å². The summed E-state index contributed by atoms with van der Waals surface area (Å²) < 4.78 is 15.1. The summed E-state index contributed by atoms with van der Waals surface area (Å²) in [6.07, 6.45) is 5.21. The molecule has 0 spiro atoms. The second-order valence-corrected chi connectivity index (χ2v) is 6.46. The highest BCUT2D eigenvalue weighted by molar-refractivity contribution is 5.73. The van der Waals surface area contributed by atoms with Crippen molar-refractivity contribution in [1.82, 2.24) is 25.0 Å². The summed E-state index contributed by atoms with van der Waals surface area (Å²) >= 11 is 0. The summed E-state index contributed by atoms with van der Waals surface area (Å²) in [4.78, 5) is 13.8. The van der Waals surface area contributed by atoms with Crippen LogP contribution in [-0.2, 0) is 25.9 Å². The second-order valence-electron chi connectivity index (χ2n) is 6.46. The van der Waals surface area contributed by atoms with E-state index in [-0.39, 0.29) is 11.8 Å². The number of urea groups is 1. The fraction of sp³-hybridized carbons (Fsp3) is 0.500. The number of amides is 2. The fourth-order valence-corrected chi connectivity index (χ4v) is 3.08. The van der Waals surface area contributed by atoms with Gasteiger partial charge in [-0.2, -0.15) is 0 Å². The fourth-order valence-electron chi connectivity index (χ4n) is 3.08. The van der Waals surface area contributed by atoms with Gasteiger partial charge in [0.2, 0.25) is 0 Å². The van der Waals surface area contributed by atoms with Crippen molar-refractivity contribution in [2.75, 3.05) is 13.6 Å². The molecule has 1 N–H and O–H groups in total. The van der Waals surface area contributed by atoms with Gasteiger partial charge in [-0.1, -0.05) is 18.6 Å². The molecule has 1 aromatic heterocycles. The molecule has 0 aliphatic carbocycles. The molecule has 0 bridgehead atoms. The van der Waals surface area contributed by atoms with Gasteiger partial charge >= 0.3 is 6.03 Å². The highest BCUT2D eigenvalue weighted by Crippen LogP contribution is 2.14. The third-order valence-corrected chi connectivity index (χ3v) is 4.49. The number of aryl methyl sites for hydroxylation is 1. The van der Waals surface area contributed by atoms with Crippen molar-refractivity contribution in [3.63, 3.8) is 0 Å². The van der Waals surface area contributed by atoms with Crippen molar-refractivity contribution in [3.05, 3.63) is 47.3 Å². The summed E-state index contributed by atoms with van der Waals surface area (Å²) in [7, 11) is 1.72. The van der Waals surface area contributed by atoms with E-state index in [1.807, 2.05) is 0 Å². The zero-order valence-corrected chi connectivity index (χ0v) is 14.5. The minimum absolute atomic E-state index is 0.153. The molecule has 2 aromatic rings. The van der Waals surface area contributed by atoms with Crippen LogP contribution in [-0.4, -0.2) is 39.3 Å². The standard InChI is InChI=1S/C18H24FN5O/c1-23(13-14-6-8-15(19)9-7-14)18(25)20-11-10-17-22-21-16-5-3-2-4-12-24(16)17/h6-9H,2-5,10-13H2,1H3,(H,20,25). The molecule has 7 heteroatoms. The number of hydrogen-bond acceptors (Lipinski definition) is 3. The minimum Gasteiger partial charge on any atom is -0.338 e. The Hall–Kier alpha value is -2.44. The lowest BCUT2D eigenvalue weighted by Gasteiger charge is -2.18. The average Bonchev–Trinajstić information content (AvgIpc) is 2.84. The van der Waals surface area contributed by atoms with Crippen LogP contribution >= 0.6 is 0 Å². The number of hydrogen-bond donors (Lipinski definition) is 1. The zero-order valence-electron chi connectivity index (χ0n) is 14.5. The first kappa shape index (κ1) is 17.4. The minimum atomic E-state index is -0.275. The molecule has 1 aliphatic rings. The van der Waals surface area contributed by atoms with Crippen LogP contribution in [0.4, 0.5) is 9.18 Å². The molecule has 0 atom stereocenters. The maximum Gasteiger partial charge on any atom is 0.317 e. The Balaban J connectivity index is 1.47. The quantitative estimate of drug-likeness (QED) is 0.906. The van der Waals surface area contributed by atoms with E-state index in [9.17, 15) is 9.18 Å². The number of benzene rings is 1. The molecule has 3 rings (SSSR count). The van der Waals surface area contributed by atoms with E-state index in [1.165, 1.54) is 25.0 Å². The predicted octanol–water partition coefficient (Wildman–Crippen LogP) is 2.53. The number of fused-ring (bicyclic) bond motifs is 1. The molecule has 1 aromatic carbocycles. The summed E-state index contributed by atoms with van der Waals surface area (Å²) in [5.74, 6) is 1.73. The van der Waals surface area contributed by atoms with Crippen LogP contribution in [0.3, 0.4) is 0 Å². The molecule has 6 nitrogen and oxygen atoms in total. The van der Waals surface area contributed by atoms with E-state index >= 15 is 0 Å². The number of nitrogens with one attached hydrogen (secondary N) is 1. The first-order valence-electron chi connectivity index (χ1n) is 8.78. The molecule has 2 heterocycles. The van der Waals surface area contributed by atoms with E-state index in [0.29, 0.717) is 19.5 Å². The number of carbonyl (C=O) groups is 1. The number of rotatable bonds is 5. The Morgan fingerprint density at radius 1 is 1.24 bits per heavy atom. The molecule has 0 unspecified atom stereocenters. The van der Waals surface area contributed by atoms with Crippen LogP contribution in [0.2, 0.25) is 0 Å². The van der Waals surface area contributed by atoms with Crippen LogP contribution in [0.25, 0.3) is 0 Å². The van der Waals surface area contributed by atoms with Crippen molar-refractivity contribution in [2.45, 2.75) is 45.2 Å². The normalized spacial score (nSPS) is 13.8. The molecular weight excluding hydrogens is 321 g/mol. The van der Waals surface area contributed by atoms with E-state index in [0.717, 1.165) is 36.6 Å². The Kier molecular flexibility index (Phi) is 5.63. The van der Waals surface area contributed by atoms with E-state index in [2.05, 4.69) is 20.1 Å². The van der Waals surface area contributed by atoms with Crippen molar-refractivity contribution in [1.29, 1.82) is 0 Å². The van der Waals surface area contributed by atoms with Gasteiger partial charge in [0.1, 0.15) is 17.5 Å². The Bertz CT molecular complexity index is 713. The Morgan fingerprint density at radius 3 is 2.84 bits per heavy atom. The first-order valence-corrected chi connectivity index (χ1v) is 8.78. The molecule has 1 aliphatic heterocycles. The molecular formula is C18H24FN5O. The largest absolute Gasteiger partial charge is 0.338 e. The summed E-state index contributed by atoms with van der Waals surface area (Å²) in [5, 5.41) is 11.4. The number of nitrogens with zero attached hydrogens (tertiary/aromatic N) is 4. The van der Waals surface area contributed by atoms with Gasteiger partial charge in [0.05, 0.1) is 0 Å². The van der Waals surface area contributed by atoms with Crippen LogP contribution in [0.15, 0.2) is 24.3 Å². The van der Waals surface area contributed by atoms with E-state index in [1.54, 1.807) is 24.1 Å². The van der Waals surface area contributed by atoms with Crippen LogP contribution in [0.1, 0.15) is 36.5 Å². The Morgan fingerprint density at radius 2 is 2.04 bits per heavy atom. The molecule has 2 amide bonds. The van der Waals surface area contributed by atoms with Crippen LogP contribution in [0.5, 0.6) is 0 Å². The average molecular weight is 345 g/mol. The Labute approximate surface area is 147 Å². The molecule has 0 radical (unpaired) electrons. The van der Waals surface area contributed by atoms with Crippen LogP contribution in [0, 0.1) is 5.82 Å². The van der Waals surface area contributed by atoms with Gasteiger partial charge in [0.25, 0.3) is 0 Å². The lowest BCUT2D eigenvalue weighted by atomic mass is 10.2. The van der Waals surface area contributed by atoms with Gasteiger partial charge < -0.3 is 14.8 Å². The number of halogens is 1. The SMILES string of the molecule is CN(Cc1ccc(F)cc1)C(=O)NCCc1nnc2n1CCCCC2. The lowest BCUT2D eigenvalue weighted by Crippen LogP contribution is -2.38. The van der Waals surface area contributed by atoms with Crippen molar-refractivity contribution in [3.8, 4) is 0 Å². The maximum absolute atomic E-state index is 12.9. The summed E-state index contributed by atoms with van der Waals surface area (Å²) in [6.45, 7) is 1.92. The lowest BCUT2D eigenvalue weighted by molar-refractivity contribution is 0.207. The predicted molar refractivity (Wildman–Crippen MR) is 92.5 cm³/mol. The number of carbonyl (C=O) groups excluding carboxylic acids is 1. The van der Waals surface area contributed by atoms with Crippen molar-refractivity contribution >= 4 is 6.03 Å². The first-order chi connectivity index (χ1) is 12.1. The van der Waals surface area contributed by atoms with Gasteiger partial charge in [0.15, 0.2) is 0 Å².